The second-order valence-corrected chi connectivity index (χ2v) is 5.22. The van der Waals surface area contributed by atoms with Gasteiger partial charge in [-0.1, -0.05) is 0 Å². The Labute approximate surface area is 148 Å². The summed E-state index contributed by atoms with van der Waals surface area (Å²) in [6.07, 6.45) is -10.5. The van der Waals surface area contributed by atoms with Crippen LogP contribution in [0.1, 0.15) is 11.1 Å². The molecule has 27 heavy (non-hydrogen) atoms. The average Bonchev–Trinajstić information content (AvgIpc) is 2.52. The van der Waals surface area contributed by atoms with E-state index in [2.05, 4.69) is 0 Å². The van der Waals surface area contributed by atoms with Gasteiger partial charge in [0.2, 0.25) is 0 Å². The molecule has 9 heteroatoms. The van der Waals surface area contributed by atoms with Crippen LogP contribution in [-0.2, 0) is 4.74 Å². The number of rotatable bonds is 4. The van der Waals surface area contributed by atoms with E-state index in [0.29, 0.717) is 0 Å². The number of hydrogen-bond acceptors (Lipinski definition) is 1. The number of alkyl halides is 6. The number of ether oxygens (including phenoxy) is 1. The molecule has 0 saturated heterocycles. The molecule has 0 aromatic heterocycles. The van der Waals surface area contributed by atoms with Crippen LogP contribution in [0.3, 0.4) is 0 Å². The molecule has 1 nitrogen and oxygen atoms in total. The Kier molecular flexibility index (Phi) is 5.92. The number of benzene rings is 2. The summed E-state index contributed by atoms with van der Waals surface area (Å²) >= 11 is 0. The Morgan fingerprint density at radius 1 is 0.593 bits per heavy atom. The highest BCUT2D eigenvalue weighted by atomic mass is 19.4. The molecular weight excluding hydrogens is 384 g/mol. The summed E-state index contributed by atoms with van der Waals surface area (Å²) in [5.74, 6) is -3.48. The Bertz CT molecular complexity index is 756. The molecule has 0 atom stereocenters. The van der Waals surface area contributed by atoms with E-state index < -0.39 is 35.5 Å². The molecule has 0 aliphatic rings. The minimum absolute atomic E-state index is 0.302. The molecule has 0 unspecified atom stereocenters. The second-order valence-electron chi connectivity index (χ2n) is 5.22. The molecule has 0 aliphatic carbocycles. The third-order valence-corrected chi connectivity index (χ3v) is 3.07. The van der Waals surface area contributed by atoms with Crippen molar-refractivity contribution in [2.24, 2.45) is 0 Å². The van der Waals surface area contributed by atoms with Crippen LogP contribution in [0, 0.1) is 11.6 Å². The van der Waals surface area contributed by atoms with Crippen molar-refractivity contribution < 1.29 is 39.9 Å². The normalized spacial score (nSPS) is 13.6. The van der Waals surface area contributed by atoms with Gasteiger partial charge in [-0.25, -0.2) is 8.78 Å². The van der Waals surface area contributed by atoms with Crippen LogP contribution in [-0.4, -0.2) is 12.4 Å². The molecule has 0 amide bonds. The van der Waals surface area contributed by atoms with E-state index >= 15 is 0 Å². The van der Waals surface area contributed by atoms with Crippen molar-refractivity contribution >= 4 is 11.5 Å². The van der Waals surface area contributed by atoms with Crippen LogP contribution < -0.4 is 0 Å². The van der Waals surface area contributed by atoms with Gasteiger partial charge >= 0.3 is 12.4 Å². The van der Waals surface area contributed by atoms with Crippen molar-refractivity contribution in [2.75, 3.05) is 0 Å². The number of hydrogen-bond donors (Lipinski definition) is 0. The van der Waals surface area contributed by atoms with Gasteiger partial charge in [0.05, 0.1) is 12.2 Å². The fourth-order valence-electron chi connectivity index (χ4n) is 1.99. The van der Waals surface area contributed by atoms with Gasteiger partial charge in [-0.05, 0) is 48.5 Å². The Morgan fingerprint density at radius 3 is 1.15 bits per heavy atom. The van der Waals surface area contributed by atoms with Crippen molar-refractivity contribution in [1.82, 2.24) is 0 Å². The molecule has 0 saturated carbocycles. The topological polar surface area (TPSA) is 9.23 Å². The summed E-state index contributed by atoms with van der Waals surface area (Å²) in [6, 6.07) is 6.99. The van der Waals surface area contributed by atoms with Gasteiger partial charge in [-0.2, -0.15) is 26.3 Å². The van der Waals surface area contributed by atoms with Gasteiger partial charge in [0.15, 0.2) is 0 Å². The molecule has 0 aliphatic heterocycles. The minimum atomic E-state index is -4.92. The first-order chi connectivity index (χ1) is 12.4. The summed E-state index contributed by atoms with van der Waals surface area (Å²) in [4.78, 5) is 0. The van der Waals surface area contributed by atoms with E-state index in [9.17, 15) is 35.1 Å². The van der Waals surface area contributed by atoms with Crippen molar-refractivity contribution in [3.63, 3.8) is 0 Å². The maximum absolute atomic E-state index is 13.0. The van der Waals surface area contributed by atoms with Crippen molar-refractivity contribution in [3.05, 3.63) is 83.4 Å². The molecule has 0 spiro atoms. The fraction of sp³-hybridized carbons (Fsp3) is 0.111. The fourth-order valence-corrected chi connectivity index (χ4v) is 1.99. The van der Waals surface area contributed by atoms with Gasteiger partial charge in [0.1, 0.15) is 23.2 Å². The molecular formula is C18H10F8O. The summed E-state index contributed by atoms with van der Waals surface area (Å²) in [5.41, 5.74) is -0.604. The zero-order chi connectivity index (χ0) is 20.2. The summed E-state index contributed by atoms with van der Waals surface area (Å²) in [7, 11) is 0. The first-order valence-corrected chi connectivity index (χ1v) is 7.22. The molecule has 2 aromatic rings. The van der Waals surface area contributed by atoms with E-state index in [4.69, 9.17) is 4.74 Å². The van der Waals surface area contributed by atoms with Crippen molar-refractivity contribution in [2.45, 2.75) is 12.4 Å². The second kappa shape index (κ2) is 7.81. The lowest BCUT2D eigenvalue weighted by molar-refractivity contribution is -0.0803. The maximum Gasteiger partial charge on any atom is 0.413 e. The summed E-state index contributed by atoms with van der Waals surface area (Å²) in [5, 5.41) is 0. The smallest absolute Gasteiger partial charge is 0.413 e. The van der Waals surface area contributed by atoms with Crippen LogP contribution in [0.4, 0.5) is 35.1 Å². The highest BCUT2D eigenvalue weighted by Gasteiger charge is 2.29. The lowest BCUT2D eigenvalue weighted by atomic mass is 10.1. The molecule has 144 valence electrons. The van der Waals surface area contributed by atoms with Crippen LogP contribution in [0.2, 0.25) is 0 Å². The first kappa shape index (κ1) is 20.5. The number of allylic oxidation sites excluding steroid dienone is 2. The van der Waals surface area contributed by atoms with Crippen LogP contribution in [0.25, 0.3) is 11.5 Å². The zero-order valence-corrected chi connectivity index (χ0v) is 13.2. The van der Waals surface area contributed by atoms with Crippen LogP contribution in [0.5, 0.6) is 0 Å². The molecule has 2 rings (SSSR count). The molecule has 2 aromatic carbocycles. The first-order valence-electron chi connectivity index (χ1n) is 7.22. The quantitative estimate of drug-likeness (QED) is 0.426. The lowest BCUT2D eigenvalue weighted by Gasteiger charge is -2.16. The van der Waals surface area contributed by atoms with Gasteiger partial charge in [-0.15, -0.1) is 0 Å². The lowest BCUT2D eigenvalue weighted by Crippen LogP contribution is -2.08. The third-order valence-electron chi connectivity index (χ3n) is 3.07. The predicted octanol–water partition coefficient (Wildman–Crippen LogP) is 6.49. The molecule has 0 fully saturated rings. The molecule has 0 radical (unpaired) electrons. The standard InChI is InChI=1S/C18H10F8O/c19-13-5-1-11(2-6-13)15(9-17(21,22)23)27-16(10-18(24,25)26)12-3-7-14(20)8-4-12/h1-10H/b15-9-,16-10-. The van der Waals surface area contributed by atoms with Gasteiger partial charge in [0.25, 0.3) is 0 Å². The highest BCUT2D eigenvalue weighted by Crippen LogP contribution is 2.32. The predicted molar refractivity (Wildman–Crippen MR) is 81.9 cm³/mol. The Morgan fingerprint density at radius 2 is 0.889 bits per heavy atom. The third kappa shape index (κ3) is 6.76. The highest BCUT2D eigenvalue weighted by molar-refractivity contribution is 5.70. The summed E-state index contributed by atoms with van der Waals surface area (Å²) in [6.45, 7) is 0. The largest absolute Gasteiger partial charge is 0.456 e. The van der Waals surface area contributed by atoms with Crippen molar-refractivity contribution in [1.29, 1.82) is 0 Å². The maximum atomic E-state index is 13.0. The monoisotopic (exact) mass is 394 g/mol. The van der Waals surface area contributed by atoms with E-state index in [1.54, 1.807) is 0 Å². The minimum Gasteiger partial charge on any atom is -0.456 e. The summed E-state index contributed by atoms with van der Waals surface area (Å²) < 4.78 is 108. The average molecular weight is 394 g/mol. The van der Waals surface area contributed by atoms with E-state index in [-0.39, 0.29) is 23.3 Å². The number of halogens is 8. The van der Waals surface area contributed by atoms with E-state index in [1.165, 1.54) is 0 Å². The molecule has 0 heterocycles. The van der Waals surface area contributed by atoms with Crippen LogP contribution in [0.15, 0.2) is 60.7 Å². The molecule has 0 N–H and O–H groups in total. The SMILES string of the molecule is Fc1ccc(/C(=C/C(F)(F)F)O/C(=C\C(F)(F)F)c2ccc(F)cc2)cc1. The Hall–Kier alpha value is -2.84. The van der Waals surface area contributed by atoms with Gasteiger partial charge < -0.3 is 4.74 Å². The molecule has 0 bridgehead atoms. The van der Waals surface area contributed by atoms with E-state index in [1.807, 2.05) is 0 Å². The van der Waals surface area contributed by atoms with Gasteiger partial charge in [0, 0.05) is 11.1 Å². The Balaban J connectivity index is 2.52. The van der Waals surface area contributed by atoms with Crippen molar-refractivity contribution in [3.8, 4) is 0 Å². The van der Waals surface area contributed by atoms with Crippen LogP contribution >= 0.6 is 0 Å². The van der Waals surface area contributed by atoms with E-state index in [0.717, 1.165) is 48.5 Å². The zero-order valence-electron chi connectivity index (χ0n) is 13.2. The van der Waals surface area contributed by atoms with Gasteiger partial charge in [-0.3, -0.25) is 0 Å².